The van der Waals surface area contributed by atoms with Gasteiger partial charge in [-0.15, -0.1) is 0 Å². The van der Waals surface area contributed by atoms with E-state index in [0.717, 1.165) is 24.8 Å². The maximum Gasteiger partial charge on any atom is 0.129 e. The standard InChI is InChI=1S/C12H14F2/c1-2-8-5-9(6-8)11-4-3-10(13)7-12(11)14/h3-4,7-9H,2,5-6H2,1H3. The Hall–Kier alpha value is -0.920. The normalized spacial score (nSPS) is 25.9. The average Bonchev–Trinajstić information content (AvgIpc) is 2.06. The number of halogens is 2. The minimum atomic E-state index is -0.488. The van der Waals surface area contributed by atoms with E-state index in [1.54, 1.807) is 6.07 Å². The van der Waals surface area contributed by atoms with Crippen molar-refractivity contribution in [3.63, 3.8) is 0 Å². The monoisotopic (exact) mass is 196 g/mol. The van der Waals surface area contributed by atoms with Crippen molar-refractivity contribution >= 4 is 0 Å². The molecule has 1 saturated carbocycles. The molecule has 1 aliphatic carbocycles. The molecule has 1 fully saturated rings. The molecule has 2 rings (SSSR count). The summed E-state index contributed by atoms with van der Waals surface area (Å²) in [7, 11) is 0. The van der Waals surface area contributed by atoms with E-state index in [1.807, 2.05) is 0 Å². The van der Waals surface area contributed by atoms with Crippen molar-refractivity contribution in [2.45, 2.75) is 32.1 Å². The van der Waals surface area contributed by atoms with Crippen LogP contribution < -0.4 is 0 Å². The van der Waals surface area contributed by atoms with Crippen LogP contribution in [-0.4, -0.2) is 0 Å². The Morgan fingerprint density at radius 3 is 2.57 bits per heavy atom. The first-order valence-electron chi connectivity index (χ1n) is 5.15. The number of rotatable bonds is 2. The molecule has 0 aliphatic heterocycles. The van der Waals surface area contributed by atoms with Crippen molar-refractivity contribution < 1.29 is 8.78 Å². The van der Waals surface area contributed by atoms with Gasteiger partial charge in [0, 0.05) is 6.07 Å². The van der Waals surface area contributed by atoms with Crippen LogP contribution in [0.1, 0.15) is 37.7 Å². The molecule has 0 nitrogen and oxygen atoms in total. The SMILES string of the molecule is CCC1CC(c2ccc(F)cc2F)C1. The van der Waals surface area contributed by atoms with E-state index in [0.29, 0.717) is 11.5 Å². The van der Waals surface area contributed by atoms with E-state index in [2.05, 4.69) is 6.92 Å². The molecule has 2 heteroatoms. The Morgan fingerprint density at radius 2 is 2.00 bits per heavy atom. The summed E-state index contributed by atoms with van der Waals surface area (Å²) in [5.74, 6) is 0.187. The lowest BCUT2D eigenvalue weighted by Crippen LogP contribution is -2.21. The number of benzene rings is 1. The highest BCUT2D eigenvalue weighted by atomic mass is 19.1. The van der Waals surface area contributed by atoms with Gasteiger partial charge in [-0.3, -0.25) is 0 Å². The van der Waals surface area contributed by atoms with Gasteiger partial charge in [-0.1, -0.05) is 19.4 Å². The Bertz CT molecular complexity index is 327. The molecule has 1 aromatic carbocycles. The van der Waals surface area contributed by atoms with Crippen molar-refractivity contribution in [3.05, 3.63) is 35.4 Å². The van der Waals surface area contributed by atoms with Gasteiger partial charge in [-0.25, -0.2) is 8.78 Å². The fourth-order valence-corrected chi connectivity index (χ4v) is 2.16. The Balaban J connectivity index is 2.11. The van der Waals surface area contributed by atoms with Crippen molar-refractivity contribution in [1.29, 1.82) is 0 Å². The number of hydrogen-bond donors (Lipinski definition) is 0. The molecule has 0 saturated heterocycles. The maximum atomic E-state index is 13.3. The highest BCUT2D eigenvalue weighted by Crippen LogP contribution is 2.43. The lowest BCUT2D eigenvalue weighted by molar-refractivity contribution is 0.251. The van der Waals surface area contributed by atoms with Gasteiger partial charge in [0.2, 0.25) is 0 Å². The van der Waals surface area contributed by atoms with Gasteiger partial charge in [-0.05, 0) is 36.3 Å². The molecule has 0 amide bonds. The topological polar surface area (TPSA) is 0 Å². The van der Waals surface area contributed by atoms with Crippen molar-refractivity contribution in [2.75, 3.05) is 0 Å². The molecule has 0 atom stereocenters. The first kappa shape index (κ1) is 9.63. The van der Waals surface area contributed by atoms with E-state index < -0.39 is 5.82 Å². The van der Waals surface area contributed by atoms with Crippen LogP contribution in [0.3, 0.4) is 0 Å². The quantitative estimate of drug-likeness (QED) is 0.673. The lowest BCUT2D eigenvalue weighted by Gasteiger charge is -2.35. The molecule has 0 aromatic heterocycles. The van der Waals surface area contributed by atoms with Crippen molar-refractivity contribution in [2.24, 2.45) is 5.92 Å². The lowest BCUT2D eigenvalue weighted by atomic mass is 9.70. The van der Waals surface area contributed by atoms with E-state index >= 15 is 0 Å². The zero-order valence-corrected chi connectivity index (χ0v) is 8.26. The van der Waals surface area contributed by atoms with Gasteiger partial charge >= 0.3 is 0 Å². The third-order valence-electron chi connectivity index (χ3n) is 3.22. The highest BCUT2D eigenvalue weighted by Gasteiger charge is 2.30. The molecule has 0 radical (unpaired) electrons. The zero-order valence-electron chi connectivity index (χ0n) is 8.26. The van der Waals surface area contributed by atoms with Gasteiger partial charge in [0.25, 0.3) is 0 Å². The van der Waals surface area contributed by atoms with Crippen LogP contribution in [0.2, 0.25) is 0 Å². The van der Waals surface area contributed by atoms with E-state index in [-0.39, 0.29) is 5.82 Å². The Labute approximate surface area is 82.9 Å². The van der Waals surface area contributed by atoms with Crippen LogP contribution in [0.4, 0.5) is 8.78 Å². The molecule has 1 aromatic rings. The van der Waals surface area contributed by atoms with Crippen molar-refractivity contribution in [1.82, 2.24) is 0 Å². The Kier molecular flexibility index (Phi) is 2.53. The predicted octanol–water partition coefficient (Wildman–Crippen LogP) is 3.87. The summed E-state index contributed by atoms with van der Waals surface area (Å²) in [6.45, 7) is 2.15. The fraction of sp³-hybridized carbons (Fsp3) is 0.500. The average molecular weight is 196 g/mol. The van der Waals surface area contributed by atoms with Gasteiger partial charge < -0.3 is 0 Å². The van der Waals surface area contributed by atoms with Gasteiger partial charge in [0.05, 0.1) is 0 Å². The minimum Gasteiger partial charge on any atom is -0.207 e. The summed E-state index contributed by atoms with van der Waals surface area (Å²) in [6, 6.07) is 3.91. The second-order valence-corrected chi connectivity index (χ2v) is 4.11. The van der Waals surface area contributed by atoms with Crippen LogP contribution in [0.5, 0.6) is 0 Å². The highest BCUT2D eigenvalue weighted by molar-refractivity contribution is 5.24. The largest absolute Gasteiger partial charge is 0.207 e. The summed E-state index contributed by atoms with van der Waals surface area (Å²) in [4.78, 5) is 0. The Morgan fingerprint density at radius 1 is 1.29 bits per heavy atom. The van der Waals surface area contributed by atoms with Crippen molar-refractivity contribution in [3.8, 4) is 0 Å². The third kappa shape index (κ3) is 1.66. The van der Waals surface area contributed by atoms with Crippen LogP contribution in [0, 0.1) is 17.6 Å². The predicted molar refractivity (Wildman–Crippen MR) is 52.1 cm³/mol. The molecule has 0 N–H and O–H groups in total. The second-order valence-electron chi connectivity index (χ2n) is 4.11. The minimum absolute atomic E-state index is 0.320. The van der Waals surface area contributed by atoms with E-state index in [9.17, 15) is 8.78 Å². The van der Waals surface area contributed by atoms with Crippen LogP contribution >= 0.6 is 0 Å². The maximum absolute atomic E-state index is 13.3. The molecule has 0 spiro atoms. The first-order chi connectivity index (χ1) is 6.70. The summed E-state index contributed by atoms with van der Waals surface area (Å²) in [5, 5.41) is 0. The summed E-state index contributed by atoms with van der Waals surface area (Å²) >= 11 is 0. The number of hydrogen-bond acceptors (Lipinski definition) is 0. The molecule has 0 unspecified atom stereocenters. The van der Waals surface area contributed by atoms with E-state index in [1.165, 1.54) is 12.5 Å². The van der Waals surface area contributed by atoms with Gasteiger partial charge in [0.1, 0.15) is 11.6 Å². The summed E-state index contributed by atoms with van der Waals surface area (Å²) < 4.78 is 25.9. The zero-order chi connectivity index (χ0) is 10.1. The van der Waals surface area contributed by atoms with E-state index in [4.69, 9.17) is 0 Å². The smallest absolute Gasteiger partial charge is 0.129 e. The molecule has 0 bridgehead atoms. The third-order valence-corrected chi connectivity index (χ3v) is 3.22. The van der Waals surface area contributed by atoms with Gasteiger partial charge in [-0.2, -0.15) is 0 Å². The van der Waals surface area contributed by atoms with Gasteiger partial charge in [0.15, 0.2) is 0 Å². The molecule has 14 heavy (non-hydrogen) atoms. The molecule has 0 heterocycles. The summed E-state index contributed by atoms with van der Waals surface area (Å²) in [6.07, 6.45) is 3.28. The summed E-state index contributed by atoms with van der Waals surface area (Å²) in [5.41, 5.74) is 0.691. The molecular formula is C12H14F2. The molecule has 1 aliphatic rings. The fourth-order valence-electron chi connectivity index (χ4n) is 2.16. The first-order valence-corrected chi connectivity index (χ1v) is 5.15. The second kappa shape index (κ2) is 3.68. The van der Waals surface area contributed by atoms with Crippen LogP contribution in [0.25, 0.3) is 0 Å². The molecule has 76 valence electrons. The van der Waals surface area contributed by atoms with Crippen LogP contribution in [0.15, 0.2) is 18.2 Å². The molecular weight excluding hydrogens is 182 g/mol. The van der Waals surface area contributed by atoms with Crippen LogP contribution in [-0.2, 0) is 0 Å².